The second kappa shape index (κ2) is 7.34. The van der Waals surface area contributed by atoms with Crippen LogP contribution >= 0.6 is 0 Å². The summed E-state index contributed by atoms with van der Waals surface area (Å²) in [6.45, 7) is 2.89. The first kappa shape index (κ1) is 16.9. The quantitative estimate of drug-likeness (QED) is 0.915. The van der Waals surface area contributed by atoms with Gasteiger partial charge in [-0.05, 0) is 42.2 Å². The number of ether oxygens (including phenoxy) is 1. The fourth-order valence-corrected chi connectivity index (χ4v) is 3.89. The van der Waals surface area contributed by atoms with E-state index < -0.39 is 5.97 Å². The van der Waals surface area contributed by atoms with Gasteiger partial charge in [-0.1, -0.05) is 48.5 Å². The number of carboxylic acid groups (broad SMARTS) is 1. The Labute approximate surface area is 153 Å². The normalized spacial score (nSPS) is 21.4. The Kier molecular flexibility index (Phi) is 4.76. The van der Waals surface area contributed by atoms with Gasteiger partial charge in [0.25, 0.3) is 0 Å². The van der Waals surface area contributed by atoms with E-state index in [4.69, 9.17) is 4.74 Å². The second-order valence-corrected chi connectivity index (χ2v) is 7.00. The molecule has 134 valence electrons. The lowest BCUT2D eigenvalue weighted by atomic mass is 9.93. The van der Waals surface area contributed by atoms with E-state index in [-0.39, 0.29) is 5.92 Å². The third-order valence-corrected chi connectivity index (χ3v) is 5.28. The van der Waals surface area contributed by atoms with Crippen LogP contribution < -0.4 is 4.74 Å². The Morgan fingerprint density at radius 2 is 1.92 bits per heavy atom. The number of likely N-dealkylation sites (tertiary alicyclic amines) is 1. The van der Waals surface area contributed by atoms with Crippen LogP contribution in [-0.2, 0) is 11.4 Å². The van der Waals surface area contributed by atoms with Crippen LogP contribution in [-0.4, -0.2) is 35.6 Å². The van der Waals surface area contributed by atoms with Gasteiger partial charge >= 0.3 is 5.97 Å². The fourth-order valence-electron chi connectivity index (χ4n) is 3.89. The first-order valence-corrected chi connectivity index (χ1v) is 9.18. The van der Waals surface area contributed by atoms with Crippen LogP contribution in [0, 0.1) is 5.92 Å². The van der Waals surface area contributed by atoms with Crippen molar-refractivity contribution >= 4 is 11.5 Å². The van der Waals surface area contributed by atoms with E-state index in [2.05, 4.69) is 35.2 Å². The van der Waals surface area contributed by atoms with Gasteiger partial charge in [-0.2, -0.15) is 0 Å². The summed E-state index contributed by atoms with van der Waals surface area (Å²) in [6, 6.07) is 16.5. The van der Waals surface area contributed by atoms with Crippen molar-refractivity contribution in [3.05, 3.63) is 71.3 Å². The highest BCUT2D eigenvalue weighted by molar-refractivity contribution is 5.85. The molecule has 4 nitrogen and oxygen atoms in total. The number of benzene rings is 2. The first-order chi connectivity index (χ1) is 12.7. The minimum atomic E-state index is -0.680. The summed E-state index contributed by atoms with van der Waals surface area (Å²) >= 11 is 0. The first-order valence-electron chi connectivity index (χ1n) is 9.18. The van der Waals surface area contributed by atoms with Crippen molar-refractivity contribution in [2.45, 2.75) is 19.4 Å². The number of fused-ring (bicyclic) bond motifs is 2. The molecule has 2 aromatic rings. The number of aliphatic carboxylic acids is 1. The molecule has 0 unspecified atom stereocenters. The largest absolute Gasteiger partial charge is 0.488 e. The number of carboxylic acids is 1. The van der Waals surface area contributed by atoms with Crippen LogP contribution in [0.4, 0.5) is 0 Å². The lowest BCUT2D eigenvalue weighted by Gasteiger charge is -2.29. The maximum absolute atomic E-state index is 11.3. The standard InChI is InChI=1S/C22H23NO3/c24-22(25)16-7-5-12-23(14-16)13-11-19-18-8-2-1-6-17(18)15-26-21-10-4-3-9-20(19)21/h1-4,6,8-11,16H,5,7,12-15H2,(H,24,25)/b19-11+/t16-/m1/s1. The van der Waals surface area contributed by atoms with E-state index in [9.17, 15) is 9.90 Å². The Bertz CT molecular complexity index is 793. The molecule has 2 aromatic carbocycles. The van der Waals surface area contributed by atoms with E-state index >= 15 is 0 Å². The zero-order valence-electron chi connectivity index (χ0n) is 14.7. The van der Waals surface area contributed by atoms with Crippen molar-refractivity contribution in [2.24, 2.45) is 5.92 Å². The monoisotopic (exact) mass is 349 g/mol. The number of rotatable bonds is 3. The van der Waals surface area contributed by atoms with Crippen molar-refractivity contribution in [1.82, 2.24) is 4.90 Å². The summed E-state index contributed by atoms with van der Waals surface area (Å²) in [7, 11) is 0. The minimum Gasteiger partial charge on any atom is -0.488 e. The molecule has 4 heteroatoms. The smallest absolute Gasteiger partial charge is 0.307 e. The maximum Gasteiger partial charge on any atom is 0.307 e. The van der Waals surface area contributed by atoms with Crippen LogP contribution in [0.2, 0.25) is 0 Å². The molecule has 4 rings (SSSR count). The van der Waals surface area contributed by atoms with E-state index in [0.29, 0.717) is 13.2 Å². The molecule has 1 atom stereocenters. The van der Waals surface area contributed by atoms with Gasteiger partial charge in [0.1, 0.15) is 12.4 Å². The summed E-state index contributed by atoms with van der Waals surface area (Å²) in [6.07, 6.45) is 3.95. The number of hydrogen-bond donors (Lipinski definition) is 1. The minimum absolute atomic E-state index is 0.251. The summed E-state index contributed by atoms with van der Waals surface area (Å²) in [5.41, 5.74) is 4.65. The number of carbonyl (C=O) groups is 1. The van der Waals surface area contributed by atoms with Gasteiger partial charge in [0, 0.05) is 18.7 Å². The molecule has 1 saturated heterocycles. The van der Waals surface area contributed by atoms with Crippen LogP contribution in [0.15, 0.2) is 54.6 Å². The van der Waals surface area contributed by atoms with E-state index in [0.717, 1.165) is 37.2 Å². The molecule has 1 fully saturated rings. The molecule has 0 radical (unpaired) electrons. The van der Waals surface area contributed by atoms with E-state index in [1.165, 1.54) is 16.7 Å². The Morgan fingerprint density at radius 3 is 2.77 bits per heavy atom. The van der Waals surface area contributed by atoms with E-state index in [1.54, 1.807) is 0 Å². The highest BCUT2D eigenvalue weighted by Gasteiger charge is 2.25. The molecule has 0 saturated carbocycles. The maximum atomic E-state index is 11.3. The molecule has 26 heavy (non-hydrogen) atoms. The topological polar surface area (TPSA) is 49.8 Å². The predicted molar refractivity (Wildman–Crippen MR) is 101 cm³/mol. The van der Waals surface area contributed by atoms with Gasteiger partial charge in [0.2, 0.25) is 0 Å². The van der Waals surface area contributed by atoms with Crippen molar-refractivity contribution < 1.29 is 14.6 Å². The van der Waals surface area contributed by atoms with Gasteiger partial charge in [-0.15, -0.1) is 0 Å². The van der Waals surface area contributed by atoms with Crippen LogP contribution in [0.1, 0.15) is 29.5 Å². The summed E-state index contributed by atoms with van der Waals surface area (Å²) in [4.78, 5) is 13.6. The molecule has 2 aliphatic rings. The second-order valence-electron chi connectivity index (χ2n) is 7.00. The highest BCUT2D eigenvalue weighted by Crippen LogP contribution is 2.36. The third-order valence-electron chi connectivity index (χ3n) is 5.28. The molecule has 0 aromatic heterocycles. The Hall–Kier alpha value is -2.59. The number of para-hydroxylation sites is 1. The van der Waals surface area contributed by atoms with Gasteiger partial charge in [-0.3, -0.25) is 9.69 Å². The van der Waals surface area contributed by atoms with Crippen molar-refractivity contribution in [3.8, 4) is 5.75 Å². The molecular formula is C22H23NO3. The van der Waals surface area contributed by atoms with Crippen molar-refractivity contribution in [1.29, 1.82) is 0 Å². The summed E-state index contributed by atoms with van der Waals surface area (Å²) in [5.74, 6) is -0.0305. The molecule has 2 heterocycles. The third kappa shape index (κ3) is 3.37. The van der Waals surface area contributed by atoms with Crippen molar-refractivity contribution in [2.75, 3.05) is 19.6 Å². The molecule has 0 aliphatic carbocycles. The SMILES string of the molecule is O=C(O)[C@@H]1CCCN(C/C=C2\c3ccccc3COc3ccccc32)C1. The lowest BCUT2D eigenvalue weighted by Crippen LogP contribution is -2.38. The highest BCUT2D eigenvalue weighted by atomic mass is 16.5. The average Bonchev–Trinajstić information content (AvgIpc) is 2.83. The number of piperidine rings is 1. The molecular weight excluding hydrogens is 326 g/mol. The Balaban J connectivity index is 1.66. The zero-order valence-corrected chi connectivity index (χ0v) is 14.7. The predicted octanol–water partition coefficient (Wildman–Crippen LogP) is 3.81. The van der Waals surface area contributed by atoms with Gasteiger partial charge in [-0.25, -0.2) is 0 Å². The van der Waals surface area contributed by atoms with Crippen LogP contribution in [0.5, 0.6) is 5.75 Å². The van der Waals surface area contributed by atoms with Crippen LogP contribution in [0.25, 0.3) is 5.57 Å². The molecule has 0 spiro atoms. The Morgan fingerprint density at radius 1 is 1.15 bits per heavy atom. The molecule has 2 aliphatic heterocycles. The summed E-state index contributed by atoms with van der Waals surface area (Å²) < 4.78 is 6.01. The molecule has 0 bridgehead atoms. The fraction of sp³-hybridized carbons (Fsp3) is 0.318. The summed E-state index contributed by atoms with van der Waals surface area (Å²) in [5, 5.41) is 9.31. The van der Waals surface area contributed by atoms with Gasteiger partial charge < -0.3 is 9.84 Å². The molecule has 0 amide bonds. The van der Waals surface area contributed by atoms with E-state index in [1.807, 2.05) is 24.3 Å². The number of nitrogens with zero attached hydrogens (tertiary/aromatic N) is 1. The van der Waals surface area contributed by atoms with Crippen LogP contribution in [0.3, 0.4) is 0 Å². The number of hydrogen-bond acceptors (Lipinski definition) is 3. The van der Waals surface area contributed by atoms with Crippen molar-refractivity contribution in [3.63, 3.8) is 0 Å². The lowest BCUT2D eigenvalue weighted by molar-refractivity contribution is -0.143. The average molecular weight is 349 g/mol. The zero-order chi connectivity index (χ0) is 17.9. The molecule has 1 N–H and O–H groups in total. The van der Waals surface area contributed by atoms with Gasteiger partial charge in [0.05, 0.1) is 5.92 Å². The van der Waals surface area contributed by atoms with Gasteiger partial charge in [0.15, 0.2) is 0 Å².